The second-order valence-corrected chi connectivity index (χ2v) is 4.42. The van der Waals surface area contributed by atoms with E-state index >= 15 is 0 Å². The first-order chi connectivity index (χ1) is 9.24. The summed E-state index contributed by atoms with van der Waals surface area (Å²) in [5, 5.41) is 11.8. The van der Waals surface area contributed by atoms with Crippen molar-refractivity contribution in [3.63, 3.8) is 0 Å². The summed E-state index contributed by atoms with van der Waals surface area (Å²) in [6.45, 7) is 2.30. The molecular weight excluding hydrogens is 264 g/mol. The molecule has 0 amide bonds. The highest BCUT2D eigenvalue weighted by molar-refractivity contribution is 6.32. The van der Waals surface area contributed by atoms with E-state index in [9.17, 15) is 0 Å². The normalized spacial score (nSPS) is 10.8. The van der Waals surface area contributed by atoms with Crippen molar-refractivity contribution in [1.82, 2.24) is 24.6 Å². The zero-order chi connectivity index (χ0) is 13.2. The number of anilines is 1. The maximum absolute atomic E-state index is 6.02. The molecule has 0 aromatic carbocycles. The molecule has 0 bridgehead atoms. The van der Waals surface area contributed by atoms with Gasteiger partial charge in [0.25, 0.3) is 0 Å². The third kappa shape index (κ3) is 2.34. The molecule has 3 aromatic rings. The minimum absolute atomic E-state index is 0.486. The largest absolute Gasteiger partial charge is 0.361 e. The van der Waals surface area contributed by atoms with Crippen LogP contribution in [0.1, 0.15) is 11.6 Å². The predicted octanol–water partition coefficient (Wildman–Crippen LogP) is 2.09. The first-order valence-electron chi connectivity index (χ1n) is 5.76. The van der Waals surface area contributed by atoms with E-state index in [-0.39, 0.29) is 0 Å². The molecular formula is C12H11ClN6. The molecule has 96 valence electrons. The Balaban J connectivity index is 1.84. The highest BCUT2D eigenvalue weighted by atomic mass is 35.5. The lowest BCUT2D eigenvalue weighted by atomic mass is 10.4. The minimum Gasteiger partial charge on any atom is -0.361 e. The quantitative estimate of drug-likeness (QED) is 0.792. The fourth-order valence-electron chi connectivity index (χ4n) is 1.75. The first kappa shape index (κ1) is 11.9. The molecule has 19 heavy (non-hydrogen) atoms. The average Bonchev–Trinajstić information content (AvgIpc) is 2.83. The van der Waals surface area contributed by atoms with Crippen molar-refractivity contribution in [3.8, 4) is 0 Å². The van der Waals surface area contributed by atoms with E-state index in [1.165, 1.54) is 0 Å². The molecule has 0 saturated heterocycles. The monoisotopic (exact) mass is 274 g/mol. The smallest absolute Gasteiger partial charge is 0.160 e. The summed E-state index contributed by atoms with van der Waals surface area (Å²) in [6, 6.07) is 5.76. The van der Waals surface area contributed by atoms with Gasteiger partial charge in [0.15, 0.2) is 11.5 Å². The van der Waals surface area contributed by atoms with Crippen LogP contribution in [0, 0.1) is 6.92 Å². The zero-order valence-electron chi connectivity index (χ0n) is 10.2. The van der Waals surface area contributed by atoms with E-state index < -0.39 is 0 Å². The maximum Gasteiger partial charge on any atom is 0.160 e. The SMILES string of the molecule is Cc1ncc(Cl)c(NCc2nnc3ccccn23)n1. The van der Waals surface area contributed by atoms with Gasteiger partial charge in [-0.05, 0) is 19.1 Å². The van der Waals surface area contributed by atoms with Crippen LogP contribution in [0.5, 0.6) is 0 Å². The summed E-state index contributed by atoms with van der Waals surface area (Å²) in [5.74, 6) is 2.06. The van der Waals surface area contributed by atoms with E-state index in [2.05, 4.69) is 25.5 Å². The number of fused-ring (bicyclic) bond motifs is 1. The van der Waals surface area contributed by atoms with Crippen LogP contribution in [0.25, 0.3) is 5.65 Å². The van der Waals surface area contributed by atoms with Crippen molar-refractivity contribution in [2.24, 2.45) is 0 Å². The number of hydrogen-bond acceptors (Lipinski definition) is 5. The number of pyridine rings is 1. The highest BCUT2D eigenvalue weighted by Crippen LogP contribution is 2.18. The molecule has 0 aliphatic heterocycles. The van der Waals surface area contributed by atoms with Crippen molar-refractivity contribution >= 4 is 23.1 Å². The van der Waals surface area contributed by atoms with Crippen LogP contribution in [-0.4, -0.2) is 24.6 Å². The first-order valence-corrected chi connectivity index (χ1v) is 6.13. The summed E-state index contributed by atoms with van der Waals surface area (Å²) < 4.78 is 1.91. The fraction of sp³-hybridized carbons (Fsp3) is 0.167. The van der Waals surface area contributed by atoms with Crippen molar-refractivity contribution in [2.75, 3.05) is 5.32 Å². The van der Waals surface area contributed by atoms with Gasteiger partial charge in [-0.3, -0.25) is 4.40 Å². The molecule has 0 unspecified atom stereocenters. The van der Waals surface area contributed by atoms with Gasteiger partial charge in [-0.2, -0.15) is 0 Å². The summed E-state index contributed by atoms with van der Waals surface area (Å²) in [7, 11) is 0. The Labute approximate surface area is 114 Å². The molecule has 3 aromatic heterocycles. The second kappa shape index (κ2) is 4.81. The van der Waals surface area contributed by atoms with Crippen LogP contribution < -0.4 is 5.32 Å². The predicted molar refractivity (Wildman–Crippen MR) is 72.1 cm³/mol. The molecule has 0 aliphatic carbocycles. The third-order valence-electron chi connectivity index (χ3n) is 2.66. The van der Waals surface area contributed by atoms with E-state index in [4.69, 9.17) is 11.6 Å². The maximum atomic E-state index is 6.02. The number of nitrogens with one attached hydrogen (secondary N) is 1. The van der Waals surface area contributed by atoms with Crippen LogP contribution >= 0.6 is 11.6 Å². The number of aromatic nitrogens is 5. The lowest BCUT2D eigenvalue weighted by Crippen LogP contribution is -2.06. The Kier molecular flexibility index (Phi) is 3.00. The van der Waals surface area contributed by atoms with Crippen molar-refractivity contribution in [2.45, 2.75) is 13.5 Å². The highest BCUT2D eigenvalue weighted by Gasteiger charge is 2.07. The third-order valence-corrected chi connectivity index (χ3v) is 2.94. The molecule has 0 fully saturated rings. The molecule has 6 nitrogen and oxygen atoms in total. The van der Waals surface area contributed by atoms with E-state index in [0.29, 0.717) is 23.2 Å². The molecule has 0 radical (unpaired) electrons. The van der Waals surface area contributed by atoms with Gasteiger partial charge in [-0.25, -0.2) is 9.97 Å². The van der Waals surface area contributed by atoms with Crippen LogP contribution in [0.3, 0.4) is 0 Å². The van der Waals surface area contributed by atoms with Gasteiger partial charge in [0.2, 0.25) is 0 Å². The summed E-state index contributed by atoms with van der Waals surface area (Å²) in [4.78, 5) is 8.26. The van der Waals surface area contributed by atoms with Gasteiger partial charge in [0.1, 0.15) is 16.7 Å². The molecule has 0 spiro atoms. The second-order valence-electron chi connectivity index (χ2n) is 4.01. The van der Waals surface area contributed by atoms with E-state index in [0.717, 1.165) is 11.5 Å². The van der Waals surface area contributed by atoms with Gasteiger partial charge >= 0.3 is 0 Å². The molecule has 0 aliphatic rings. The zero-order valence-corrected chi connectivity index (χ0v) is 11.0. The van der Waals surface area contributed by atoms with Crippen molar-refractivity contribution < 1.29 is 0 Å². The van der Waals surface area contributed by atoms with Gasteiger partial charge < -0.3 is 5.32 Å². The Hall–Kier alpha value is -2.21. The number of nitrogens with zero attached hydrogens (tertiary/aromatic N) is 5. The summed E-state index contributed by atoms with van der Waals surface area (Å²) in [6.07, 6.45) is 3.49. The number of hydrogen-bond donors (Lipinski definition) is 1. The lowest BCUT2D eigenvalue weighted by molar-refractivity contribution is 0.906. The van der Waals surface area contributed by atoms with Crippen LogP contribution in [0.4, 0.5) is 5.82 Å². The minimum atomic E-state index is 0.486. The number of halogens is 1. The average molecular weight is 275 g/mol. The van der Waals surface area contributed by atoms with Crippen LogP contribution in [0.2, 0.25) is 5.02 Å². The Morgan fingerprint density at radius 2 is 2.21 bits per heavy atom. The van der Waals surface area contributed by atoms with Crippen molar-refractivity contribution in [3.05, 3.63) is 47.3 Å². The van der Waals surface area contributed by atoms with E-state index in [1.54, 1.807) is 6.20 Å². The molecule has 0 saturated carbocycles. The Bertz CT molecular complexity index is 723. The van der Waals surface area contributed by atoms with E-state index in [1.807, 2.05) is 35.7 Å². The van der Waals surface area contributed by atoms with Gasteiger partial charge in [0, 0.05) is 6.20 Å². The van der Waals surface area contributed by atoms with Gasteiger partial charge in [-0.15, -0.1) is 10.2 Å². The number of aryl methyl sites for hydroxylation is 1. The molecule has 0 atom stereocenters. The fourth-order valence-corrected chi connectivity index (χ4v) is 1.91. The van der Waals surface area contributed by atoms with Crippen LogP contribution in [0.15, 0.2) is 30.6 Å². The lowest BCUT2D eigenvalue weighted by Gasteiger charge is -2.06. The van der Waals surface area contributed by atoms with Crippen LogP contribution in [-0.2, 0) is 6.54 Å². The Morgan fingerprint density at radius 3 is 3.11 bits per heavy atom. The topological polar surface area (TPSA) is 68.0 Å². The number of rotatable bonds is 3. The summed E-state index contributed by atoms with van der Waals surface area (Å²) >= 11 is 6.02. The van der Waals surface area contributed by atoms with Gasteiger partial charge in [0.05, 0.1) is 12.7 Å². The van der Waals surface area contributed by atoms with Crippen molar-refractivity contribution in [1.29, 1.82) is 0 Å². The molecule has 3 rings (SSSR count). The molecule has 7 heteroatoms. The molecule has 3 heterocycles. The molecule has 1 N–H and O–H groups in total. The van der Waals surface area contributed by atoms with Gasteiger partial charge in [-0.1, -0.05) is 17.7 Å². The Morgan fingerprint density at radius 1 is 1.32 bits per heavy atom. The standard InChI is InChI=1S/C12H11ClN6/c1-8-14-6-9(13)12(16-8)15-7-11-18-17-10-4-2-3-5-19(10)11/h2-6H,7H2,1H3,(H,14,15,16). The summed E-state index contributed by atoms with van der Waals surface area (Å²) in [5.41, 5.74) is 0.810.